The summed E-state index contributed by atoms with van der Waals surface area (Å²) < 4.78 is 2.00. The van der Waals surface area contributed by atoms with E-state index < -0.39 is 5.60 Å². The van der Waals surface area contributed by atoms with Crippen LogP contribution >= 0.6 is 0 Å². The maximum atomic E-state index is 10.7. The lowest BCUT2D eigenvalue weighted by Crippen LogP contribution is -2.35. The Kier molecular flexibility index (Phi) is 2.61. The highest BCUT2D eigenvalue weighted by Gasteiger charge is 2.47. The molecule has 0 aromatic carbocycles. The third-order valence-corrected chi connectivity index (χ3v) is 3.95. The first kappa shape index (κ1) is 11.6. The molecule has 2 atom stereocenters. The second-order valence-corrected chi connectivity index (χ2v) is 6.18. The topological polar surface area (TPSA) is 38.1 Å². The molecule has 0 bridgehead atoms. The molecule has 3 nitrogen and oxygen atoms in total. The highest BCUT2D eigenvalue weighted by atomic mass is 16.3. The smallest absolute Gasteiger partial charge is 0.111 e. The summed E-state index contributed by atoms with van der Waals surface area (Å²) in [6.45, 7) is 6.62. The van der Waals surface area contributed by atoms with Crippen LogP contribution in [-0.4, -0.2) is 20.3 Å². The fraction of sp³-hybridized carbons (Fsp3) is 0.769. The van der Waals surface area contributed by atoms with Crippen molar-refractivity contribution in [2.24, 2.45) is 18.4 Å². The molecule has 0 amide bonds. The number of aromatic nitrogens is 2. The Morgan fingerprint density at radius 3 is 2.69 bits per heavy atom. The minimum atomic E-state index is -0.581. The van der Waals surface area contributed by atoms with Crippen molar-refractivity contribution in [1.29, 1.82) is 0 Å². The van der Waals surface area contributed by atoms with Gasteiger partial charge in [-0.2, -0.15) is 0 Å². The van der Waals surface area contributed by atoms with Gasteiger partial charge in [-0.1, -0.05) is 20.8 Å². The first-order valence-electron chi connectivity index (χ1n) is 6.01. The third kappa shape index (κ3) is 2.01. The van der Waals surface area contributed by atoms with Gasteiger partial charge < -0.3 is 9.67 Å². The molecular formula is C13H22N2O. The van der Waals surface area contributed by atoms with Crippen LogP contribution < -0.4 is 0 Å². The molecule has 0 aliphatic heterocycles. The van der Waals surface area contributed by atoms with Gasteiger partial charge >= 0.3 is 0 Å². The Hall–Kier alpha value is -0.830. The number of hydrogen-bond acceptors (Lipinski definition) is 2. The van der Waals surface area contributed by atoms with E-state index in [9.17, 15) is 5.11 Å². The van der Waals surface area contributed by atoms with Crippen molar-refractivity contribution in [1.82, 2.24) is 9.55 Å². The Bertz CT molecular complexity index is 383. The van der Waals surface area contributed by atoms with Crippen molar-refractivity contribution in [3.63, 3.8) is 0 Å². The van der Waals surface area contributed by atoms with Crippen molar-refractivity contribution >= 4 is 0 Å². The Labute approximate surface area is 97.5 Å². The number of aliphatic hydroxyl groups is 1. The van der Waals surface area contributed by atoms with Crippen molar-refractivity contribution in [2.75, 3.05) is 0 Å². The highest BCUT2D eigenvalue weighted by molar-refractivity contribution is 5.05. The van der Waals surface area contributed by atoms with Gasteiger partial charge in [0.05, 0.1) is 5.60 Å². The van der Waals surface area contributed by atoms with Crippen LogP contribution in [0.2, 0.25) is 0 Å². The van der Waals surface area contributed by atoms with Crippen LogP contribution in [0.25, 0.3) is 0 Å². The fourth-order valence-corrected chi connectivity index (χ4v) is 3.17. The van der Waals surface area contributed by atoms with Gasteiger partial charge in [0.15, 0.2) is 0 Å². The van der Waals surface area contributed by atoms with Gasteiger partial charge in [0.25, 0.3) is 0 Å². The Morgan fingerprint density at radius 2 is 2.25 bits per heavy atom. The summed E-state index contributed by atoms with van der Waals surface area (Å²) in [4.78, 5) is 4.31. The molecule has 1 aromatic heterocycles. The van der Waals surface area contributed by atoms with E-state index in [1.54, 1.807) is 6.20 Å². The molecule has 0 saturated heterocycles. The van der Waals surface area contributed by atoms with Crippen LogP contribution in [-0.2, 0) is 13.5 Å². The molecular weight excluding hydrogens is 200 g/mol. The zero-order valence-corrected chi connectivity index (χ0v) is 10.7. The molecule has 1 aliphatic carbocycles. The molecule has 2 rings (SSSR count). The molecule has 16 heavy (non-hydrogen) atoms. The molecule has 2 unspecified atom stereocenters. The summed E-state index contributed by atoms with van der Waals surface area (Å²) in [6.07, 6.45) is 6.36. The van der Waals surface area contributed by atoms with Crippen LogP contribution in [0.1, 0.15) is 39.4 Å². The lowest BCUT2D eigenvalue weighted by Gasteiger charge is -2.28. The van der Waals surface area contributed by atoms with E-state index in [4.69, 9.17) is 0 Å². The zero-order valence-electron chi connectivity index (χ0n) is 10.7. The van der Waals surface area contributed by atoms with Crippen molar-refractivity contribution in [2.45, 2.75) is 45.6 Å². The van der Waals surface area contributed by atoms with Gasteiger partial charge in [-0.25, -0.2) is 4.98 Å². The monoisotopic (exact) mass is 222 g/mol. The first-order valence-corrected chi connectivity index (χ1v) is 6.01. The summed E-state index contributed by atoms with van der Waals surface area (Å²) in [7, 11) is 1.98. The van der Waals surface area contributed by atoms with E-state index in [1.807, 2.05) is 17.8 Å². The second-order valence-electron chi connectivity index (χ2n) is 6.18. The molecule has 1 N–H and O–H groups in total. The standard InChI is InChI=1S/C13H22N2O/c1-10-7-12(2,3)9-13(10,16)8-11-14-5-6-15(11)4/h5-6,10,16H,7-9H2,1-4H3. The van der Waals surface area contributed by atoms with Gasteiger partial charge in [-0.05, 0) is 24.2 Å². The van der Waals surface area contributed by atoms with E-state index >= 15 is 0 Å². The van der Waals surface area contributed by atoms with E-state index in [1.165, 1.54) is 0 Å². The maximum Gasteiger partial charge on any atom is 0.111 e. The SMILES string of the molecule is CC1CC(C)(C)CC1(O)Cc1nccn1C. The van der Waals surface area contributed by atoms with Gasteiger partial charge in [0, 0.05) is 25.9 Å². The average Bonchev–Trinajstić information content (AvgIpc) is 2.57. The molecule has 1 heterocycles. The summed E-state index contributed by atoms with van der Waals surface area (Å²) in [5.41, 5.74) is -0.331. The Morgan fingerprint density at radius 1 is 1.56 bits per heavy atom. The number of nitrogens with zero attached hydrogens (tertiary/aromatic N) is 2. The summed E-state index contributed by atoms with van der Waals surface area (Å²) in [6, 6.07) is 0. The largest absolute Gasteiger partial charge is 0.389 e. The lowest BCUT2D eigenvalue weighted by atomic mass is 9.87. The summed E-state index contributed by atoms with van der Waals surface area (Å²) >= 11 is 0. The van der Waals surface area contributed by atoms with Crippen LogP contribution in [0.15, 0.2) is 12.4 Å². The molecule has 0 radical (unpaired) electrons. The highest BCUT2D eigenvalue weighted by Crippen LogP contribution is 2.48. The van der Waals surface area contributed by atoms with Crippen LogP contribution in [0, 0.1) is 11.3 Å². The van der Waals surface area contributed by atoms with Gasteiger partial charge in [-0.3, -0.25) is 0 Å². The third-order valence-electron chi connectivity index (χ3n) is 3.95. The van der Waals surface area contributed by atoms with Crippen molar-refractivity contribution in [3.8, 4) is 0 Å². The molecule has 90 valence electrons. The van der Waals surface area contributed by atoms with Crippen molar-refractivity contribution < 1.29 is 5.11 Å². The van der Waals surface area contributed by atoms with Crippen LogP contribution in [0.5, 0.6) is 0 Å². The van der Waals surface area contributed by atoms with E-state index in [2.05, 4.69) is 25.8 Å². The van der Waals surface area contributed by atoms with Gasteiger partial charge in [-0.15, -0.1) is 0 Å². The number of aryl methyl sites for hydroxylation is 1. The minimum absolute atomic E-state index is 0.249. The molecule has 3 heteroatoms. The molecule has 1 aliphatic rings. The van der Waals surface area contributed by atoms with Gasteiger partial charge in [0.1, 0.15) is 5.82 Å². The van der Waals surface area contributed by atoms with Crippen LogP contribution in [0.3, 0.4) is 0 Å². The maximum absolute atomic E-state index is 10.7. The van der Waals surface area contributed by atoms with E-state index in [-0.39, 0.29) is 5.41 Å². The molecule has 1 saturated carbocycles. The van der Waals surface area contributed by atoms with E-state index in [0.717, 1.165) is 18.7 Å². The van der Waals surface area contributed by atoms with E-state index in [0.29, 0.717) is 12.3 Å². The molecule has 0 spiro atoms. The number of imidazole rings is 1. The van der Waals surface area contributed by atoms with Crippen molar-refractivity contribution in [3.05, 3.63) is 18.2 Å². The summed E-state index contributed by atoms with van der Waals surface area (Å²) in [5, 5.41) is 10.7. The van der Waals surface area contributed by atoms with Gasteiger partial charge in [0.2, 0.25) is 0 Å². The normalized spacial score (nSPS) is 33.2. The lowest BCUT2D eigenvalue weighted by molar-refractivity contribution is 0.00215. The number of rotatable bonds is 2. The Balaban J connectivity index is 2.18. The first-order chi connectivity index (χ1) is 7.32. The average molecular weight is 222 g/mol. The predicted molar refractivity (Wildman–Crippen MR) is 64.0 cm³/mol. The fourth-order valence-electron chi connectivity index (χ4n) is 3.17. The quantitative estimate of drug-likeness (QED) is 0.832. The predicted octanol–water partition coefficient (Wildman–Crippen LogP) is 2.15. The minimum Gasteiger partial charge on any atom is -0.389 e. The molecule has 1 fully saturated rings. The second kappa shape index (κ2) is 3.59. The zero-order chi connectivity index (χ0) is 12.0. The number of hydrogen-bond donors (Lipinski definition) is 1. The van der Waals surface area contributed by atoms with Crippen LogP contribution in [0.4, 0.5) is 0 Å². The molecule has 1 aromatic rings. The summed E-state index contributed by atoms with van der Waals surface area (Å²) in [5.74, 6) is 1.33.